The molecule has 1 fully saturated rings. The van der Waals surface area contributed by atoms with Gasteiger partial charge in [0.1, 0.15) is 6.04 Å². The van der Waals surface area contributed by atoms with Crippen molar-refractivity contribution in [2.45, 2.75) is 57.4 Å². The van der Waals surface area contributed by atoms with E-state index < -0.39 is 6.04 Å². The summed E-state index contributed by atoms with van der Waals surface area (Å²) in [5.41, 5.74) is 8.66. The molecule has 1 unspecified atom stereocenters. The molecule has 0 radical (unpaired) electrons. The average Bonchev–Trinajstić information content (AvgIpc) is 2.68. The topological polar surface area (TPSA) is 84.7 Å². The average molecular weight is 373 g/mol. The third kappa shape index (κ3) is 4.87. The lowest BCUT2D eigenvalue weighted by atomic mass is 9.87. The highest BCUT2D eigenvalue weighted by Gasteiger charge is 2.28. The maximum Gasteiger partial charge on any atom is 0.246 e. The quantitative estimate of drug-likeness (QED) is 0.803. The molecular formula is C21H31N3O3. The van der Waals surface area contributed by atoms with Crippen molar-refractivity contribution in [2.75, 3.05) is 30.5 Å². The number of carbonyl (C=O) groups excluding carboxylic acids is 2. The minimum Gasteiger partial charge on any atom is -0.383 e. The first-order valence-electron chi connectivity index (χ1n) is 10.1. The van der Waals surface area contributed by atoms with Crippen LogP contribution in [0.2, 0.25) is 0 Å². The number of nitrogens with zero attached hydrogens (tertiary/aromatic N) is 1. The Labute approximate surface area is 161 Å². The van der Waals surface area contributed by atoms with Gasteiger partial charge in [-0.3, -0.25) is 9.59 Å². The summed E-state index contributed by atoms with van der Waals surface area (Å²) in [5.74, 6) is 0.446. The lowest BCUT2D eigenvalue weighted by molar-refractivity contribution is -0.121. The Kier molecular flexibility index (Phi) is 6.85. The molecule has 27 heavy (non-hydrogen) atoms. The molecule has 0 spiro atoms. The van der Waals surface area contributed by atoms with Crippen LogP contribution in [0.5, 0.6) is 0 Å². The van der Waals surface area contributed by atoms with E-state index in [1.807, 2.05) is 18.2 Å². The number of methoxy groups -OCH3 is 1. The van der Waals surface area contributed by atoms with Crippen LogP contribution in [0.15, 0.2) is 18.2 Å². The fraction of sp³-hybridized carbons (Fsp3) is 0.619. The second kappa shape index (κ2) is 9.33. The monoisotopic (exact) mass is 373 g/mol. The van der Waals surface area contributed by atoms with Crippen LogP contribution in [-0.4, -0.2) is 38.1 Å². The smallest absolute Gasteiger partial charge is 0.246 e. The van der Waals surface area contributed by atoms with Gasteiger partial charge in [0.25, 0.3) is 0 Å². The van der Waals surface area contributed by atoms with Gasteiger partial charge in [-0.05, 0) is 49.3 Å². The largest absolute Gasteiger partial charge is 0.383 e. The molecule has 2 aliphatic rings. The van der Waals surface area contributed by atoms with E-state index in [4.69, 9.17) is 10.5 Å². The van der Waals surface area contributed by atoms with Crippen molar-refractivity contribution in [2.24, 2.45) is 11.7 Å². The Bertz CT molecular complexity index is 671. The lowest BCUT2D eigenvalue weighted by Gasteiger charge is -2.32. The lowest BCUT2D eigenvalue weighted by Crippen LogP contribution is -2.48. The second-order valence-corrected chi connectivity index (χ2v) is 7.71. The van der Waals surface area contributed by atoms with Crippen LogP contribution in [0.4, 0.5) is 11.4 Å². The zero-order chi connectivity index (χ0) is 19.2. The Morgan fingerprint density at radius 2 is 2.04 bits per heavy atom. The molecule has 1 atom stereocenters. The van der Waals surface area contributed by atoms with E-state index >= 15 is 0 Å². The minimum atomic E-state index is -0.675. The Hall–Kier alpha value is -1.92. The molecule has 0 bridgehead atoms. The number of amides is 2. The van der Waals surface area contributed by atoms with Crippen LogP contribution in [0.3, 0.4) is 0 Å². The van der Waals surface area contributed by atoms with E-state index in [9.17, 15) is 9.59 Å². The SMILES string of the molecule is COCC(N)C(=O)N1CCCc2c(NC(=O)CC3CCCCC3)cccc21. The van der Waals surface area contributed by atoms with Crippen molar-refractivity contribution in [3.63, 3.8) is 0 Å². The number of ether oxygens (including phenoxy) is 1. The maximum atomic E-state index is 12.7. The van der Waals surface area contributed by atoms with Crippen molar-refractivity contribution in [1.82, 2.24) is 0 Å². The Balaban J connectivity index is 1.72. The molecule has 1 saturated carbocycles. The molecule has 1 aromatic rings. The van der Waals surface area contributed by atoms with E-state index in [1.54, 1.807) is 4.90 Å². The van der Waals surface area contributed by atoms with Gasteiger partial charge in [-0.1, -0.05) is 25.3 Å². The molecule has 1 aliphatic heterocycles. The Morgan fingerprint density at radius 1 is 1.26 bits per heavy atom. The van der Waals surface area contributed by atoms with Crippen LogP contribution in [0.1, 0.15) is 50.5 Å². The zero-order valence-electron chi connectivity index (χ0n) is 16.2. The number of hydrogen-bond donors (Lipinski definition) is 2. The van der Waals surface area contributed by atoms with Gasteiger partial charge < -0.3 is 20.7 Å². The molecule has 2 amide bonds. The van der Waals surface area contributed by atoms with Crippen LogP contribution in [0, 0.1) is 5.92 Å². The zero-order valence-corrected chi connectivity index (χ0v) is 16.2. The van der Waals surface area contributed by atoms with Gasteiger partial charge in [0.2, 0.25) is 11.8 Å². The number of benzene rings is 1. The van der Waals surface area contributed by atoms with Crippen LogP contribution >= 0.6 is 0 Å². The Morgan fingerprint density at radius 3 is 2.78 bits per heavy atom. The van der Waals surface area contributed by atoms with Gasteiger partial charge in [-0.2, -0.15) is 0 Å². The van der Waals surface area contributed by atoms with Crippen molar-refractivity contribution < 1.29 is 14.3 Å². The summed E-state index contributed by atoms with van der Waals surface area (Å²) < 4.78 is 5.02. The molecule has 148 valence electrons. The summed E-state index contributed by atoms with van der Waals surface area (Å²) in [5, 5.41) is 3.10. The van der Waals surface area contributed by atoms with Gasteiger partial charge in [0.05, 0.1) is 6.61 Å². The number of nitrogens with one attached hydrogen (secondary N) is 1. The summed E-state index contributed by atoms with van der Waals surface area (Å²) in [6.07, 6.45) is 8.35. The van der Waals surface area contributed by atoms with E-state index in [0.29, 0.717) is 18.9 Å². The first-order valence-corrected chi connectivity index (χ1v) is 10.1. The predicted molar refractivity (Wildman–Crippen MR) is 107 cm³/mol. The molecule has 6 nitrogen and oxygen atoms in total. The standard InChI is InChI=1S/C21H31N3O3/c1-27-14-17(22)21(26)24-12-6-9-16-18(10-5-11-19(16)24)23-20(25)13-15-7-3-2-4-8-15/h5,10-11,15,17H,2-4,6-9,12-14,22H2,1H3,(H,23,25). The first kappa shape index (κ1) is 19.8. The summed E-state index contributed by atoms with van der Waals surface area (Å²) >= 11 is 0. The number of anilines is 2. The number of carbonyl (C=O) groups is 2. The van der Waals surface area contributed by atoms with Crippen molar-refractivity contribution in [3.05, 3.63) is 23.8 Å². The number of rotatable bonds is 6. The highest BCUT2D eigenvalue weighted by atomic mass is 16.5. The minimum absolute atomic E-state index is 0.0786. The number of nitrogens with two attached hydrogens (primary N) is 1. The highest BCUT2D eigenvalue weighted by Crippen LogP contribution is 2.34. The molecule has 3 N–H and O–H groups in total. The number of fused-ring (bicyclic) bond motifs is 1. The summed E-state index contributed by atoms with van der Waals surface area (Å²) in [6.45, 7) is 0.838. The summed E-state index contributed by atoms with van der Waals surface area (Å²) in [6, 6.07) is 5.08. The highest BCUT2D eigenvalue weighted by molar-refractivity contribution is 6.00. The van der Waals surface area contributed by atoms with Gasteiger partial charge >= 0.3 is 0 Å². The van der Waals surface area contributed by atoms with E-state index in [0.717, 1.165) is 42.6 Å². The van der Waals surface area contributed by atoms with Crippen LogP contribution in [-0.2, 0) is 20.7 Å². The first-order chi connectivity index (χ1) is 13.1. The fourth-order valence-corrected chi connectivity index (χ4v) is 4.28. The molecule has 6 heteroatoms. The molecule has 1 heterocycles. The van der Waals surface area contributed by atoms with Crippen molar-refractivity contribution in [1.29, 1.82) is 0 Å². The molecule has 0 saturated heterocycles. The normalized spacial score (nSPS) is 18.7. The third-order valence-electron chi connectivity index (χ3n) is 5.65. The molecular weight excluding hydrogens is 342 g/mol. The van der Waals surface area contributed by atoms with E-state index in [2.05, 4.69) is 5.32 Å². The van der Waals surface area contributed by atoms with Gasteiger partial charge in [0.15, 0.2) is 0 Å². The van der Waals surface area contributed by atoms with Gasteiger partial charge in [-0.25, -0.2) is 0 Å². The van der Waals surface area contributed by atoms with Crippen molar-refractivity contribution in [3.8, 4) is 0 Å². The summed E-state index contributed by atoms with van der Waals surface area (Å²) in [7, 11) is 1.54. The predicted octanol–water partition coefficient (Wildman–Crippen LogP) is 2.85. The molecule has 1 aliphatic carbocycles. The molecule has 0 aromatic heterocycles. The van der Waals surface area contributed by atoms with Crippen LogP contribution in [0.25, 0.3) is 0 Å². The van der Waals surface area contributed by atoms with Gasteiger partial charge in [-0.15, -0.1) is 0 Å². The fourth-order valence-electron chi connectivity index (χ4n) is 4.28. The van der Waals surface area contributed by atoms with Gasteiger partial charge in [0, 0.05) is 31.5 Å². The molecule has 3 rings (SSSR count). The third-order valence-corrected chi connectivity index (χ3v) is 5.65. The van der Waals surface area contributed by atoms with Crippen LogP contribution < -0.4 is 16.0 Å². The van der Waals surface area contributed by atoms with E-state index in [-0.39, 0.29) is 18.4 Å². The molecule has 1 aromatic carbocycles. The second-order valence-electron chi connectivity index (χ2n) is 7.71. The van der Waals surface area contributed by atoms with Crippen molar-refractivity contribution >= 4 is 23.2 Å². The summed E-state index contributed by atoms with van der Waals surface area (Å²) in [4.78, 5) is 27.0. The van der Waals surface area contributed by atoms with E-state index in [1.165, 1.54) is 26.4 Å². The number of hydrogen-bond acceptors (Lipinski definition) is 4. The maximum absolute atomic E-state index is 12.7.